The summed E-state index contributed by atoms with van der Waals surface area (Å²) in [5, 5.41) is 12.3. The van der Waals surface area contributed by atoms with Gasteiger partial charge in [0.1, 0.15) is 6.04 Å². The number of nitrogens with zero attached hydrogens (tertiary/aromatic N) is 2. The van der Waals surface area contributed by atoms with Crippen LogP contribution in [0.2, 0.25) is 0 Å². The van der Waals surface area contributed by atoms with Gasteiger partial charge in [-0.05, 0) is 29.8 Å². The van der Waals surface area contributed by atoms with Crippen molar-refractivity contribution in [2.24, 2.45) is 0 Å². The number of hydrogen-bond donors (Lipinski definition) is 2. The van der Waals surface area contributed by atoms with E-state index in [1.54, 1.807) is 23.1 Å². The summed E-state index contributed by atoms with van der Waals surface area (Å²) in [6, 6.07) is 14.4. The standard InChI is InChI=1S/C22H25N3O5/c26-14-18(23-21(27)13-16-6-7-19-20(12-16)30-15-29-19)22(28)25-10-8-24(9-11-25)17-4-2-1-3-5-17/h1-7,12,18,26H,8-11,13-15H2,(H,23,27). The summed E-state index contributed by atoms with van der Waals surface area (Å²) in [6.45, 7) is 2.23. The number of fused-ring (bicyclic) bond motifs is 1. The fourth-order valence-corrected chi connectivity index (χ4v) is 3.71. The number of amides is 2. The van der Waals surface area contributed by atoms with E-state index in [0.29, 0.717) is 37.7 Å². The van der Waals surface area contributed by atoms with Crippen molar-refractivity contribution in [3.05, 3.63) is 54.1 Å². The molecule has 2 heterocycles. The highest BCUT2D eigenvalue weighted by Gasteiger charge is 2.28. The lowest BCUT2D eigenvalue weighted by atomic mass is 10.1. The summed E-state index contributed by atoms with van der Waals surface area (Å²) in [5.74, 6) is 0.664. The summed E-state index contributed by atoms with van der Waals surface area (Å²) in [6.07, 6.45) is 0.0855. The van der Waals surface area contributed by atoms with Crippen LogP contribution in [0.5, 0.6) is 11.5 Å². The van der Waals surface area contributed by atoms with Gasteiger partial charge >= 0.3 is 0 Å². The first-order chi connectivity index (χ1) is 14.6. The minimum Gasteiger partial charge on any atom is -0.454 e. The van der Waals surface area contributed by atoms with Crippen LogP contribution < -0.4 is 19.7 Å². The molecule has 2 N–H and O–H groups in total. The van der Waals surface area contributed by atoms with Gasteiger partial charge in [-0.15, -0.1) is 0 Å². The molecule has 2 aromatic rings. The zero-order valence-corrected chi connectivity index (χ0v) is 16.6. The lowest BCUT2D eigenvalue weighted by molar-refractivity contribution is -0.137. The molecule has 0 aromatic heterocycles. The second-order valence-corrected chi connectivity index (χ2v) is 7.31. The van der Waals surface area contributed by atoms with Crippen LogP contribution in [0.3, 0.4) is 0 Å². The molecular weight excluding hydrogens is 386 g/mol. The summed E-state index contributed by atoms with van der Waals surface area (Å²) >= 11 is 0. The van der Waals surface area contributed by atoms with Crippen LogP contribution in [0, 0.1) is 0 Å². The van der Waals surface area contributed by atoms with Gasteiger partial charge in [0, 0.05) is 31.9 Å². The third kappa shape index (κ3) is 4.49. The normalized spacial score (nSPS) is 16.3. The molecule has 2 aliphatic heterocycles. The highest BCUT2D eigenvalue weighted by molar-refractivity contribution is 5.88. The lowest BCUT2D eigenvalue weighted by Gasteiger charge is -2.37. The highest BCUT2D eigenvalue weighted by Crippen LogP contribution is 2.32. The maximum Gasteiger partial charge on any atom is 0.247 e. The van der Waals surface area contributed by atoms with Gasteiger partial charge in [-0.1, -0.05) is 24.3 Å². The second kappa shape index (κ2) is 9.04. The number of hydrogen-bond acceptors (Lipinski definition) is 6. The van der Waals surface area contributed by atoms with Gasteiger partial charge < -0.3 is 29.7 Å². The number of nitrogens with one attached hydrogen (secondary N) is 1. The van der Waals surface area contributed by atoms with E-state index in [1.165, 1.54) is 0 Å². The van der Waals surface area contributed by atoms with Crippen molar-refractivity contribution in [2.45, 2.75) is 12.5 Å². The Morgan fingerprint density at radius 2 is 1.73 bits per heavy atom. The van der Waals surface area contributed by atoms with Crippen LogP contribution in [-0.4, -0.2) is 67.4 Å². The third-order valence-electron chi connectivity index (χ3n) is 5.33. The van der Waals surface area contributed by atoms with Gasteiger partial charge in [0.05, 0.1) is 13.0 Å². The van der Waals surface area contributed by atoms with Crippen molar-refractivity contribution in [3.8, 4) is 11.5 Å². The monoisotopic (exact) mass is 411 g/mol. The Morgan fingerprint density at radius 1 is 1.00 bits per heavy atom. The fourth-order valence-electron chi connectivity index (χ4n) is 3.71. The number of aliphatic hydroxyl groups is 1. The van der Waals surface area contributed by atoms with Crippen molar-refractivity contribution in [3.63, 3.8) is 0 Å². The average Bonchev–Trinajstić information content (AvgIpc) is 3.25. The molecule has 4 rings (SSSR count). The summed E-state index contributed by atoms with van der Waals surface area (Å²) < 4.78 is 10.6. The molecule has 0 saturated carbocycles. The topological polar surface area (TPSA) is 91.3 Å². The molecule has 0 bridgehead atoms. The van der Waals surface area contributed by atoms with Gasteiger partial charge in [-0.25, -0.2) is 0 Å². The maximum atomic E-state index is 12.8. The minimum absolute atomic E-state index is 0.0855. The van der Waals surface area contributed by atoms with Crippen LogP contribution in [0.4, 0.5) is 5.69 Å². The van der Waals surface area contributed by atoms with Crippen molar-refractivity contribution < 1.29 is 24.2 Å². The molecule has 1 unspecified atom stereocenters. The quantitative estimate of drug-likeness (QED) is 0.730. The van der Waals surface area contributed by atoms with Gasteiger partial charge in [-0.3, -0.25) is 9.59 Å². The third-order valence-corrected chi connectivity index (χ3v) is 5.33. The summed E-state index contributed by atoms with van der Waals surface area (Å²) in [7, 11) is 0. The van der Waals surface area contributed by atoms with Gasteiger partial charge in [-0.2, -0.15) is 0 Å². The summed E-state index contributed by atoms with van der Waals surface area (Å²) in [4.78, 5) is 29.2. The van der Waals surface area contributed by atoms with E-state index in [-0.39, 0.29) is 25.0 Å². The van der Waals surface area contributed by atoms with Crippen LogP contribution in [0.15, 0.2) is 48.5 Å². The zero-order chi connectivity index (χ0) is 20.9. The van der Waals surface area contributed by atoms with E-state index in [9.17, 15) is 14.7 Å². The number of ether oxygens (including phenoxy) is 2. The van der Waals surface area contributed by atoms with Crippen molar-refractivity contribution in [2.75, 3.05) is 44.5 Å². The van der Waals surface area contributed by atoms with E-state index in [4.69, 9.17) is 9.47 Å². The van der Waals surface area contributed by atoms with E-state index < -0.39 is 12.6 Å². The van der Waals surface area contributed by atoms with Crippen LogP contribution in [-0.2, 0) is 16.0 Å². The number of benzene rings is 2. The number of para-hydroxylation sites is 1. The SMILES string of the molecule is O=C(Cc1ccc2c(c1)OCO2)NC(CO)C(=O)N1CCN(c2ccccc2)CC1. The Hall–Kier alpha value is -3.26. The fraction of sp³-hybridized carbons (Fsp3) is 0.364. The Morgan fingerprint density at radius 3 is 2.47 bits per heavy atom. The van der Waals surface area contributed by atoms with E-state index in [0.717, 1.165) is 11.3 Å². The Kier molecular flexibility index (Phi) is 6.04. The number of aliphatic hydroxyl groups excluding tert-OH is 1. The minimum atomic E-state index is -0.949. The number of rotatable bonds is 6. The molecule has 2 amide bonds. The van der Waals surface area contributed by atoms with Crippen LogP contribution in [0.1, 0.15) is 5.56 Å². The number of carbonyl (C=O) groups excluding carboxylic acids is 2. The van der Waals surface area contributed by atoms with Crippen LogP contribution in [0.25, 0.3) is 0 Å². The van der Waals surface area contributed by atoms with Crippen molar-refractivity contribution in [1.29, 1.82) is 0 Å². The predicted molar refractivity (Wildman–Crippen MR) is 111 cm³/mol. The van der Waals surface area contributed by atoms with Crippen molar-refractivity contribution in [1.82, 2.24) is 10.2 Å². The lowest BCUT2D eigenvalue weighted by Crippen LogP contribution is -2.56. The van der Waals surface area contributed by atoms with Crippen molar-refractivity contribution >= 4 is 17.5 Å². The molecule has 8 heteroatoms. The number of piperazine rings is 1. The van der Waals surface area contributed by atoms with Gasteiger partial charge in [0.2, 0.25) is 18.6 Å². The average molecular weight is 411 g/mol. The molecule has 1 atom stereocenters. The number of anilines is 1. The van der Waals surface area contributed by atoms with Crippen LogP contribution >= 0.6 is 0 Å². The molecular formula is C22H25N3O5. The maximum absolute atomic E-state index is 12.8. The Bertz CT molecular complexity index is 897. The predicted octanol–water partition coefficient (Wildman–Crippen LogP) is 0.784. The van der Waals surface area contributed by atoms with E-state index in [1.807, 2.05) is 30.3 Å². The molecule has 1 fully saturated rings. The largest absolute Gasteiger partial charge is 0.454 e. The van der Waals surface area contributed by atoms with E-state index >= 15 is 0 Å². The highest BCUT2D eigenvalue weighted by atomic mass is 16.7. The van der Waals surface area contributed by atoms with E-state index in [2.05, 4.69) is 10.2 Å². The molecule has 30 heavy (non-hydrogen) atoms. The molecule has 2 aliphatic rings. The molecule has 0 radical (unpaired) electrons. The Labute approximate surface area is 175 Å². The Balaban J connectivity index is 1.30. The first kappa shape index (κ1) is 20.0. The first-order valence-electron chi connectivity index (χ1n) is 10.0. The first-order valence-corrected chi connectivity index (χ1v) is 10.0. The van der Waals surface area contributed by atoms with Gasteiger partial charge in [0.15, 0.2) is 11.5 Å². The summed E-state index contributed by atoms with van der Waals surface area (Å²) in [5.41, 5.74) is 1.87. The molecule has 8 nitrogen and oxygen atoms in total. The molecule has 1 saturated heterocycles. The molecule has 2 aromatic carbocycles. The molecule has 0 aliphatic carbocycles. The molecule has 0 spiro atoms. The van der Waals surface area contributed by atoms with Gasteiger partial charge in [0.25, 0.3) is 0 Å². The smallest absolute Gasteiger partial charge is 0.247 e. The zero-order valence-electron chi connectivity index (χ0n) is 16.6. The second-order valence-electron chi connectivity index (χ2n) is 7.31. The number of carbonyl (C=O) groups is 2. The molecule has 158 valence electrons.